The Balaban J connectivity index is 2.30. The number of aromatic nitrogens is 2. The van der Waals surface area contributed by atoms with Gasteiger partial charge in [0, 0.05) is 5.69 Å². The molecule has 0 unspecified atom stereocenters. The van der Waals surface area contributed by atoms with Gasteiger partial charge in [-0.2, -0.15) is 5.10 Å². The van der Waals surface area contributed by atoms with Crippen LogP contribution in [-0.2, 0) is 0 Å². The number of carbonyl (C=O) groups is 2. The van der Waals surface area contributed by atoms with E-state index >= 15 is 0 Å². The largest absolute Gasteiger partial charge is 0.478 e. The average Bonchev–Trinajstić information content (AvgIpc) is 2.92. The zero-order chi connectivity index (χ0) is 17.9. The van der Waals surface area contributed by atoms with Gasteiger partial charge in [-0.1, -0.05) is 25.5 Å². The number of hydrogen-bond donors (Lipinski definition) is 2. The molecule has 2 N–H and O–H groups in total. The monoisotopic (exact) mass is 329 g/mol. The molecular weight excluding hydrogens is 306 g/mol. The normalized spacial score (nSPS) is 10.9. The van der Waals surface area contributed by atoms with Gasteiger partial charge in [-0.3, -0.25) is 9.48 Å². The third kappa shape index (κ3) is 3.48. The first-order valence-corrected chi connectivity index (χ1v) is 8.08. The van der Waals surface area contributed by atoms with E-state index in [1.54, 1.807) is 18.2 Å². The van der Waals surface area contributed by atoms with Crippen LogP contribution in [0.1, 0.15) is 64.7 Å². The molecule has 0 radical (unpaired) electrons. The molecule has 128 valence electrons. The molecule has 2 rings (SSSR count). The molecule has 0 fully saturated rings. The SMILES string of the molecule is CCC(CC)n1ncc(C(=O)Nc2ccc(C)cc2C(=O)O)c1C. The molecule has 0 aliphatic heterocycles. The number of rotatable bonds is 6. The van der Waals surface area contributed by atoms with E-state index in [9.17, 15) is 14.7 Å². The summed E-state index contributed by atoms with van der Waals surface area (Å²) in [6, 6.07) is 5.17. The van der Waals surface area contributed by atoms with Crippen molar-refractivity contribution in [3.8, 4) is 0 Å². The fourth-order valence-electron chi connectivity index (χ4n) is 2.78. The number of hydrogen-bond acceptors (Lipinski definition) is 3. The highest BCUT2D eigenvalue weighted by Crippen LogP contribution is 2.22. The molecule has 0 aliphatic carbocycles. The van der Waals surface area contributed by atoms with E-state index in [1.165, 1.54) is 6.20 Å². The molecule has 1 amide bonds. The Labute approximate surface area is 141 Å². The Kier molecular flexibility index (Phi) is 5.39. The Hall–Kier alpha value is -2.63. The van der Waals surface area contributed by atoms with Crippen LogP contribution in [0.25, 0.3) is 0 Å². The molecule has 6 heteroatoms. The van der Waals surface area contributed by atoms with Crippen molar-refractivity contribution >= 4 is 17.6 Å². The van der Waals surface area contributed by atoms with Crippen LogP contribution in [0.3, 0.4) is 0 Å². The maximum Gasteiger partial charge on any atom is 0.337 e. The van der Waals surface area contributed by atoms with Gasteiger partial charge in [0.1, 0.15) is 0 Å². The zero-order valence-corrected chi connectivity index (χ0v) is 14.5. The number of aromatic carboxylic acids is 1. The molecule has 1 aromatic carbocycles. The van der Waals surface area contributed by atoms with E-state index in [-0.39, 0.29) is 23.2 Å². The van der Waals surface area contributed by atoms with Crippen molar-refractivity contribution in [2.24, 2.45) is 0 Å². The van der Waals surface area contributed by atoms with Crippen LogP contribution < -0.4 is 5.32 Å². The number of carboxylic acids is 1. The van der Waals surface area contributed by atoms with Gasteiger partial charge in [0.2, 0.25) is 0 Å². The van der Waals surface area contributed by atoms with Crippen molar-refractivity contribution in [3.63, 3.8) is 0 Å². The van der Waals surface area contributed by atoms with E-state index in [0.717, 1.165) is 24.1 Å². The second-order valence-electron chi connectivity index (χ2n) is 5.87. The van der Waals surface area contributed by atoms with E-state index < -0.39 is 5.97 Å². The minimum atomic E-state index is -1.07. The molecular formula is C18H23N3O3. The fraction of sp³-hybridized carbons (Fsp3) is 0.389. The lowest BCUT2D eigenvalue weighted by atomic mass is 10.1. The van der Waals surface area contributed by atoms with Crippen molar-refractivity contribution < 1.29 is 14.7 Å². The summed E-state index contributed by atoms with van der Waals surface area (Å²) < 4.78 is 1.86. The van der Waals surface area contributed by atoms with Crippen LogP contribution in [0.15, 0.2) is 24.4 Å². The number of nitrogens with zero attached hydrogens (tertiary/aromatic N) is 2. The highest BCUT2D eigenvalue weighted by Gasteiger charge is 2.20. The van der Waals surface area contributed by atoms with Gasteiger partial charge in [-0.05, 0) is 38.8 Å². The second-order valence-corrected chi connectivity index (χ2v) is 5.87. The number of aryl methyl sites for hydroxylation is 1. The fourth-order valence-corrected chi connectivity index (χ4v) is 2.78. The Morgan fingerprint density at radius 2 is 1.88 bits per heavy atom. The number of amides is 1. The number of nitrogens with one attached hydrogen (secondary N) is 1. The zero-order valence-electron chi connectivity index (χ0n) is 14.5. The van der Waals surface area contributed by atoms with Gasteiger partial charge in [0.25, 0.3) is 5.91 Å². The second kappa shape index (κ2) is 7.29. The predicted molar refractivity (Wildman–Crippen MR) is 92.7 cm³/mol. The highest BCUT2D eigenvalue weighted by molar-refractivity contribution is 6.08. The van der Waals surface area contributed by atoms with E-state index in [2.05, 4.69) is 24.3 Å². The maximum absolute atomic E-state index is 12.5. The summed E-state index contributed by atoms with van der Waals surface area (Å²) in [5.41, 5.74) is 2.42. The van der Waals surface area contributed by atoms with Crippen LogP contribution in [0, 0.1) is 13.8 Å². The van der Waals surface area contributed by atoms with Crippen LogP contribution in [0.2, 0.25) is 0 Å². The summed E-state index contributed by atoms with van der Waals surface area (Å²) in [6.07, 6.45) is 3.40. The van der Waals surface area contributed by atoms with Crippen LogP contribution in [0.5, 0.6) is 0 Å². The first-order chi connectivity index (χ1) is 11.4. The number of carbonyl (C=O) groups excluding carboxylic acids is 1. The molecule has 0 saturated heterocycles. The van der Waals surface area contributed by atoms with E-state index in [0.29, 0.717) is 5.56 Å². The van der Waals surface area contributed by atoms with Crippen molar-refractivity contribution in [3.05, 3.63) is 46.8 Å². The summed E-state index contributed by atoms with van der Waals surface area (Å²) in [6.45, 7) is 7.83. The average molecular weight is 329 g/mol. The molecule has 0 atom stereocenters. The quantitative estimate of drug-likeness (QED) is 0.844. The first kappa shape index (κ1) is 17.7. The third-order valence-corrected chi connectivity index (χ3v) is 4.23. The Bertz CT molecular complexity index is 761. The van der Waals surface area contributed by atoms with Crippen molar-refractivity contribution in [2.75, 3.05) is 5.32 Å². The highest BCUT2D eigenvalue weighted by atomic mass is 16.4. The van der Waals surface area contributed by atoms with Gasteiger partial charge < -0.3 is 10.4 Å². The molecule has 1 heterocycles. The minimum Gasteiger partial charge on any atom is -0.478 e. The molecule has 24 heavy (non-hydrogen) atoms. The molecule has 0 bridgehead atoms. The van der Waals surface area contributed by atoms with Gasteiger partial charge >= 0.3 is 5.97 Å². The van der Waals surface area contributed by atoms with Crippen molar-refractivity contribution in [1.82, 2.24) is 9.78 Å². The van der Waals surface area contributed by atoms with Gasteiger partial charge in [0.15, 0.2) is 0 Å². The van der Waals surface area contributed by atoms with Crippen molar-refractivity contribution in [1.29, 1.82) is 0 Å². The molecule has 0 saturated carbocycles. The Morgan fingerprint density at radius 1 is 1.21 bits per heavy atom. The third-order valence-electron chi connectivity index (χ3n) is 4.23. The molecule has 6 nitrogen and oxygen atoms in total. The number of benzene rings is 1. The Morgan fingerprint density at radius 3 is 2.46 bits per heavy atom. The lowest BCUT2D eigenvalue weighted by molar-refractivity contribution is 0.0698. The lowest BCUT2D eigenvalue weighted by Crippen LogP contribution is -2.17. The van der Waals surface area contributed by atoms with E-state index in [4.69, 9.17) is 0 Å². The smallest absolute Gasteiger partial charge is 0.337 e. The number of anilines is 1. The predicted octanol–water partition coefficient (Wildman–Crippen LogP) is 3.81. The molecule has 1 aromatic heterocycles. The maximum atomic E-state index is 12.5. The van der Waals surface area contributed by atoms with Gasteiger partial charge in [-0.15, -0.1) is 0 Å². The van der Waals surface area contributed by atoms with Crippen molar-refractivity contribution in [2.45, 2.75) is 46.6 Å². The standard InChI is InChI=1S/C18H23N3O3/c1-5-13(6-2)21-12(4)15(10-19-21)17(22)20-16-8-7-11(3)9-14(16)18(23)24/h7-10,13H,5-6H2,1-4H3,(H,20,22)(H,23,24). The van der Waals surface area contributed by atoms with Crippen LogP contribution in [0.4, 0.5) is 5.69 Å². The molecule has 2 aromatic rings. The summed E-state index contributed by atoms with van der Waals surface area (Å²) in [7, 11) is 0. The summed E-state index contributed by atoms with van der Waals surface area (Å²) in [4.78, 5) is 23.9. The minimum absolute atomic E-state index is 0.0772. The van der Waals surface area contributed by atoms with Gasteiger partial charge in [-0.25, -0.2) is 4.79 Å². The number of carboxylic acid groups (broad SMARTS) is 1. The van der Waals surface area contributed by atoms with Crippen LogP contribution >= 0.6 is 0 Å². The topological polar surface area (TPSA) is 84.2 Å². The summed E-state index contributed by atoms with van der Waals surface area (Å²) in [5.74, 6) is -1.42. The molecule has 0 spiro atoms. The van der Waals surface area contributed by atoms with Crippen LogP contribution in [-0.4, -0.2) is 26.8 Å². The first-order valence-electron chi connectivity index (χ1n) is 8.08. The lowest BCUT2D eigenvalue weighted by Gasteiger charge is -2.15. The summed E-state index contributed by atoms with van der Waals surface area (Å²) >= 11 is 0. The molecule has 0 aliphatic rings. The summed E-state index contributed by atoms with van der Waals surface area (Å²) in [5, 5.41) is 16.3. The van der Waals surface area contributed by atoms with Gasteiger partial charge in [0.05, 0.1) is 29.1 Å². The van der Waals surface area contributed by atoms with E-state index in [1.807, 2.05) is 18.5 Å².